The Morgan fingerprint density at radius 3 is 2.90 bits per heavy atom. The maximum absolute atomic E-state index is 12.4. The van der Waals surface area contributed by atoms with Gasteiger partial charge >= 0.3 is 0 Å². The van der Waals surface area contributed by atoms with E-state index in [4.69, 9.17) is 4.74 Å². The lowest BCUT2D eigenvalue weighted by Gasteiger charge is -2.31. The quantitative estimate of drug-likeness (QED) is 0.616. The fraction of sp³-hybridized carbons (Fsp3) is 0.292. The molecule has 0 radical (unpaired) electrons. The predicted octanol–water partition coefficient (Wildman–Crippen LogP) is 3.78. The predicted molar refractivity (Wildman–Crippen MR) is 124 cm³/mol. The number of anilines is 3. The molecule has 0 fully saturated rings. The van der Waals surface area contributed by atoms with E-state index in [1.54, 1.807) is 13.4 Å². The number of aromatic nitrogens is 2. The van der Waals surface area contributed by atoms with E-state index in [2.05, 4.69) is 44.5 Å². The number of hydrogen-bond donors (Lipinski definition) is 1. The third-order valence-corrected chi connectivity index (χ3v) is 5.30. The summed E-state index contributed by atoms with van der Waals surface area (Å²) in [6.07, 6.45) is 7.05. The van der Waals surface area contributed by atoms with Crippen LogP contribution in [0.5, 0.6) is 5.75 Å². The molecule has 2 aromatic carbocycles. The zero-order valence-electron chi connectivity index (χ0n) is 18.1. The standard InChI is InChI=1S/C24H27N5O2/c1-28(2)12-7-11-23(30)27-20-14-18-19(15-22(20)31-3)25-16-26-24(18)29-13-6-9-17-8-4-5-10-21(17)29/h4-5,7-8,10-11,14-16H,6,9,12-13H2,1-3H3,(H,27,30)/b11-7+. The molecule has 7 nitrogen and oxygen atoms in total. The highest BCUT2D eigenvalue weighted by molar-refractivity contribution is 6.03. The molecule has 7 heteroatoms. The molecule has 1 aromatic heterocycles. The van der Waals surface area contributed by atoms with Crippen molar-refractivity contribution in [3.05, 3.63) is 60.4 Å². The van der Waals surface area contributed by atoms with Crippen LogP contribution < -0.4 is 15.0 Å². The zero-order chi connectivity index (χ0) is 21.8. The highest BCUT2D eigenvalue weighted by Gasteiger charge is 2.22. The Bertz CT molecular complexity index is 1130. The van der Waals surface area contributed by atoms with Gasteiger partial charge in [0.05, 0.1) is 18.3 Å². The number of aryl methyl sites for hydroxylation is 1. The summed E-state index contributed by atoms with van der Waals surface area (Å²) in [6, 6.07) is 12.2. The van der Waals surface area contributed by atoms with Crippen molar-refractivity contribution in [3.63, 3.8) is 0 Å². The second-order valence-electron chi connectivity index (χ2n) is 7.80. The second kappa shape index (κ2) is 9.14. The van der Waals surface area contributed by atoms with Gasteiger partial charge in [0.25, 0.3) is 0 Å². The maximum atomic E-state index is 12.4. The number of amides is 1. The van der Waals surface area contributed by atoms with Gasteiger partial charge < -0.3 is 19.9 Å². The highest BCUT2D eigenvalue weighted by atomic mass is 16.5. The normalized spacial score (nSPS) is 13.6. The Labute approximate surface area is 182 Å². The average molecular weight is 418 g/mol. The Balaban J connectivity index is 1.73. The second-order valence-corrected chi connectivity index (χ2v) is 7.80. The van der Waals surface area contributed by atoms with Crippen molar-refractivity contribution in [2.75, 3.05) is 44.5 Å². The zero-order valence-corrected chi connectivity index (χ0v) is 18.1. The topological polar surface area (TPSA) is 70.6 Å². The van der Waals surface area contributed by atoms with E-state index >= 15 is 0 Å². The first kappa shape index (κ1) is 20.8. The molecule has 3 aromatic rings. The van der Waals surface area contributed by atoms with Crippen molar-refractivity contribution in [1.29, 1.82) is 0 Å². The van der Waals surface area contributed by atoms with Crippen molar-refractivity contribution < 1.29 is 9.53 Å². The molecule has 31 heavy (non-hydrogen) atoms. The number of hydrogen-bond acceptors (Lipinski definition) is 6. The fourth-order valence-corrected chi connectivity index (χ4v) is 3.85. The number of carbonyl (C=O) groups excluding carboxylic acids is 1. The van der Waals surface area contributed by atoms with E-state index in [1.165, 1.54) is 17.3 Å². The van der Waals surface area contributed by atoms with Crippen molar-refractivity contribution in [2.24, 2.45) is 0 Å². The van der Waals surface area contributed by atoms with Gasteiger partial charge in [0.1, 0.15) is 17.9 Å². The molecule has 0 spiro atoms. The number of fused-ring (bicyclic) bond motifs is 2. The van der Waals surface area contributed by atoms with Crippen LogP contribution in [0.2, 0.25) is 0 Å². The smallest absolute Gasteiger partial charge is 0.248 e. The number of nitrogens with one attached hydrogen (secondary N) is 1. The van der Waals surface area contributed by atoms with Crippen LogP contribution in [0.15, 0.2) is 54.9 Å². The molecule has 1 N–H and O–H groups in total. The number of benzene rings is 2. The number of likely N-dealkylation sites (N-methyl/N-ethyl adjacent to an activating group) is 1. The summed E-state index contributed by atoms with van der Waals surface area (Å²) >= 11 is 0. The lowest BCUT2D eigenvalue weighted by atomic mass is 10.0. The number of carbonyl (C=O) groups is 1. The average Bonchev–Trinajstić information content (AvgIpc) is 2.77. The van der Waals surface area contributed by atoms with Crippen molar-refractivity contribution in [3.8, 4) is 5.75 Å². The van der Waals surface area contributed by atoms with Crippen LogP contribution in [0, 0.1) is 0 Å². The third kappa shape index (κ3) is 4.51. The molecule has 160 valence electrons. The van der Waals surface area contributed by atoms with Crippen LogP contribution in [0.25, 0.3) is 10.9 Å². The first-order chi connectivity index (χ1) is 15.1. The van der Waals surface area contributed by atoms with Crippen molar-refractivity contribution in [1.82, 2.24) is 14.9 Å². The van der Waals surface area contributed by atoms with E-state index in [-0.39, 0.29) is 5.91 Å². The van der Waals surface area contributed by atoms with Gasteiger partial charge in [-0.15, -0.1) is 0 Å². The van der Waals surface area contributed by atoms with Gasteiger partial charge in [0.2, 0.25) is 5.91 Å². The number of para-hydroxylation sites is 1. The number of methoxy groups -OCH3 is 1. The molecular weight excluding hydrogens is 390 g/mol. The van der Waals surface area contributed by atoms with Crippen LogP contribution in [-0.4, -0.2) is 55.1 Å². The van der Waals surface area contributed by atoms with Crippen LogP contribution in [-0.2, 0) is 11.2 Å². The summed E-state index contributed by atoms with van der Waals surface area (Å²) in [7, 11) is 5.49. The van der Waals surface area contributed by atoms with E-state index in [9.17, 15) is 4.79 Å². The molecule has 4 rings (SSSR count). The monoisotopic (exact) mass is 417 g/mol. The molecule has 1 amide bonds. The van der Waals surface area contributed by atoms with E-state index in [0.717, 1.165) is 36.1 Å². The minimum atomic E-state index is -0.207. The molecule has 0 saturated carbocycles. The molecule has 0 unspecified atom stereocenters. The molecule has 0 atom stereocenters. The molecule has 1 aliphatic rings. The molecule has 1 aliphatic heterocycles. The molecule has 0 bridgehead atoms. The molecule has 0 saturated heterocycles. The summed E-state index contributed by atoms with van der Waals surface area (Å²) in [5.41, 5.74) is 3.84. The molecular formula is C24H27N5O2. The molecule has 2 heterocycles. The lowest BCUT2D eigenvalue weighted by Crippen LogP contribution is -2.25. The van der Waals surface area contributed by atoms with Crippen LogP contribution >= 0.6 is 0 Å². The summed E-state index contributed by atoms with van der Waals surface area (Å²) in [5, 5.41) is 3.80. The maximum Gasteiger partial charge on any atom is 0.248 e. The Morgan fingerprint density at radius 2 is 2.10 bits per heavy atom. The van der Waals surface area contributed by atoms with Gasteiger partial charge in [-0.3, -0.25) is 4.79 Å². The number of nitrogens with zero attached hydrogens (tertiary/aromatic N) is 4. The minimum Gasteiger partial charge on any atom is -0.494 e. The van der Waals surface area contributed by atoms with Gasteiger partial charge in [-0.1, -0.05) is 24.3 Å². The van der Waals surface area contributed by atoms with Crippen molar-refractivity contribution >= 4 is 34.0 Å². The van der Waals surface area contributed by atoms with Crippen molar-refractivity contribution in [2.45, 2.75) is 12.8 Å². The third-order valence-electron chi connectivity index (χ3n) is 5.30. The minimum absolute atomic E-state index is 0.207. The Morgan fingerprint density at radius 1 is 1.26 bits per heavy atom. The summed E-state index contributed by atoms with van der Waals surface area (Å²) in [6.45, 7) is 1.57. The fourth-order valence-electron chi connectivity index (χ4n) is 3.85. The van der Waals surface area contributed by atoms with Crippen LogP contribution in [0.1, 0.15) is 12.0 Å². The van der Waals surface area contributed by atoms with Crippen LogP contribution in [0.4, 0.5) is 17.2 Å². The first-order valence-electron chi connectivity index (χ1n) is 10.4. The first-order valence-corrected chi connectivity index (χ1v) is 10.4. The van der Waals surface area contributed by atoms with E-state index in [1.807, 2.05) is 37.2 Å². The van der Waals surface area contributed by atoms with Gasteiger partial charge in [-0.2, -0.15) is 0 Å². The van der Waals surface area contributed by atoms with Gasteiger partial charge in [0, 0.05) is 36.3 Å². The van der Waals surface area contributed by atoms with Gasteiger partial charge in [-0.25, -0.2) is 9.97 Å². The van der Waals surface area contributed by atoms with Gasteiger partial charge in [-0.05, 0) is 44.6 Å². The van der Waals surface area contributed by atoms with E-state index in [0.29, 0.717) is 18.0 Å². The highest BCUT2D eigenvalue weighted by Crippen LogP contribution is 2.38. The summed E-state index contributed by atoms with van der Waals surface area (Å²) < 4.78 is 5.52. The summed E-state index contributed by atoms with van der Waals surface area (Å²) in [5.74, 6) is 1.19. The lowest BCUT2D eigenvalue weighted by molar-refractivity contribution is -0.111. The SMILES string of the molecule is COc1cc2ncnc(N3CCCc4ccccc43)c2cc1NC(=O)/C=C/CN(C)C. The molecule has 0 aliphatic carbocycles. The Kier molecular flexibility index (Phi) is 6.13. The van der Waals surface area contributed by atoms with Gasteiger partial charge in [0.15, 0.2) is 0 Å². The van der Waals surface area contributed by atoms with Crippen LogP contribution in [0.3, 0.4) is 0 Å². The Hall–Kier alpha value is -3.45. The number of rotatable bonds is 6. The summed E-state index contributed by atoms with van der Waals surface area (Å²) in [4.78, 5) is 25.7. The largest absolute Gasteiger partial charge is 0.494 e. The van der Waals surface area contributed by atoms with E-state index < -0.39 is 0 Å². The number of ether oxygens (including phenoxy) is 1.